The highest BCUT2D eigenvalue weighted by atomic mass is 16.2. The van der Waals surface area contributed by atoms with E-state index in [2.05, 4.69) is 5.32 Å². The summed E-state index contributed by atoms with van der Waals surface area (Å²) >= 11 is 0. The van der Waals surface area contributed by atoms with Crippen LogP contribution >= 0.6 is 0 Å². The molecule has 3 aliphatic rings. The summed E-state index contributed by atoms with van der Waals surface area (Å²) in [7, 11) is 0. The van der Waals surface area contributed by atoms with Gasteiger partial charge in [0.1, 0.15) is 0 Å². The van der Waals surface area contributed by atoms with Crippen molar-refractivity contribution < 1.29 is 9.59 Å². The van der Waals surface area contributed by atoms with Crippen LogP contribution in [0.5, 0.6) is 0 Å². The van der Waals surface area contributed by atoms with Gasteiger partial charge in [0, 0.05) is 56.7 Å². The minimum Gasteiger partial charge on any atom is -0.356 e. The fourth-order valence-corrected chi connectivity index (χ4v) is 5.22. The van der Waals surface area contributed by atoms with E-state index in [1.54, 1.807) is 6.07 Å². The molecule has 1 N–H and O–H groups in total. The van der Waals surface area contributed by atoms with Crippen LogP contribution in [0.4, 0.5) is 0 Å². The molecule has 1 aromatic rings. The smallest absolute Gasteiger partial charge is 0.250 e. The lowest BCUT2D eigenvalue weighted by atomic mass is 9.83. The van der Waals surface area contributed by atoms with E-state index in [9.17, 15) is 14.4 Å². The van der Waals surface area contributed by atoms with Crippen molar-refractivity contribution in [1.82, 2.24) is 14.8 Å². The summed E-state index contributed by atoms with van der Waals surface area (Å²) in [6.45, 7) is 2.80. The zero-order valence-corrected chi connectivity index (χ0v) is 16.6. The predicted molar refractivity (Wildman–Crippen MR) is 107 cm³/mol. The summed E-state index contributed by atoms with van der Waals surface area (Å²) in [6, 6.07) is 5.43. The normalized spacial score (nSPS) is 24.5. The van der Waals surface area contributed by atoms with E-state index in [0.29, 0.717) is 31.5 Å². The molecule has 2 aliphatic heterocycles. The minimum absolute atomic E-state index is 0.00646. The van der Waals surface area contributed by atoms with Gasteiger partial charge in [0.05, 0.1) is 0 Å². The molecule has 1 aliphatic carbocycles. The van der Waals surface area contributed by atoms with Crippen LogP contribution in [-0.2, 0) is 16.1 Å². The van der Waals surface area contributed by atoms with Crippen LogP contribution in [0.25, 0.3) is 0 Å². The molecule has 2 atom stereocenters. The number of carbonyl (C=O) groups is 2. The third-order valence-electron chi connectivity index (χ3n) is 6.71. The first-order valence-electron chi connectivity index (χ1n) is 10.8. The molecular formula is C22H31N3O3. The Morgan fingerprint density at radius 3 is 2.68 bits per heavy atom. The Balaban J connectivity index is 1.27. The van der Waals surface area contributed by atoms with E-state index in [-0.39, 0.29) is 36.1 Å². The molecule has 28 heavy (non-hydrogen) atoms. The van der Waals surface area contributed by atoms with Gasteiger partial charge in [0.25, 0.3) is 5.56 Å². The number of fused-ring (bicyclic) bond motifs is 4. The number of aromatic nitrogens is 1. The van der Waals surface area contributed by atoms with Gasteiger partial charge in [-0.05, 0) is 37.2 Å². The van der Waals surface area contributed by atoms with E-state index >= 15 is 0 Å². The number of nitrogens with zero attached hydrogens (tertiary/aromatic N) is 2. The topological polar surface area (TPSA) is 71.4 Å². The molecule has 4 rings (SSSR count). The minimum atomic E-state index is -0.00646. The van der Waals surface area contributed by atoms with E-state index in [1.165, 1.54) is 32.1 Å². The second kappa shape index (κ2) is 8.50. The van der Waals surface area contributed by atoms with Crippen molar-refractivity contribution >= 4 is 11.8 Å². The fourth-order valence-electron chi connectivity index (χ4n) is 5.22. The van der Waals surface area contributed by atoms with Gasteiger partial charge in [-0.15, -0.1) is 0 Å². The average molecular weight is 386 g/mol. The second-order valence-electron chi connectivity index (χ2n) is 8.80. The number of likely N-dealkylation sites (tertiary alicyclic amines) is 1. The standard InChI is InChI=1S/C22H31N3O3/c26-20(23-12-16-5-2-1-3-6-16)9-10-21(27)24-13-17-11-18(15-24)19-7-4-8-22(28)25(19)14-17/h4,7-8,16-18H,1-3,5-6,9-15H2,(H,23,26)/t17-,18-/m1/s1. The summed E-state index contributed by atoms with van der Waals surface area (Å²) in [5, 5.41) is 3.02. The molecule has 0 spiro atoms. The van der Waals surface area contributed by atoms with Crippen LogP contribution in [-0.4, -0.2) is 40.9 Å². The number of nitrogens with one attached hydrogen (secondary N) is 1. The molecule has 1 aromatic heterocycles. The largest absolute Gasteiger partial charge is 0.356 e. The van der Waals surface area contributed by atoms with Crippen molar-refractivity contribution in [1.29, 1.82) is 0 Å². The Morgan fingerprint density at radius 1 is 1.04 bits per heavy atom. The van der Waals surface area contributed by atoms with Crippen molar-refractivity contribution in [3.05, 3.63) is 34.2 Å². The molecule has 6 heteroatoms. The first-order chi connectivity index (χ1) is 13.6. The Kier molecular flexibility index (Phi) is 5.83. The van der Waals surface area contributed by atoms with E-state index < -0.39 is 0 Å². The molecule has 2 amide bonds. The highest BCUT2D eigenvalue weighted by Crippen LogP contribution is 2.35. The number of hydrogen-bond acceptors (Lipinski definition) is 3. The molecular weight excluding hydrogens is 354 g/mol. The van der Waals surface area contributed by atoms with Crippen LogP contribution in [0, 0.1) is 11.8 Å². The molecule has 6 nitrogen and oxygen atoms in total. The second-order valence-corrected chi connectivity index (χ2v) is 8.80. The van der Waals surface area contributed by atoms with Gasteiger partial charge in [-0.25, -0.2) is 0 Å². The number of piperidine rings is 1. The molecule has 1 saturated heterocycles. The summed E-state index contributed by atoms with van der Waals surface area (Å²) in [5.41, 5.74) is 1.10. The highest BCUT2D eigenvalue weighted by Gasteiger charge is 2.36. The highest BCUT2D eigenvalue weighted by molar-refractivity contribution is 5.83. The lowest BCUT2D eigenvalue weighted by Crippen LogP contribution is -2.49. The predicted octanol–water partition coefficient (Wildman–Crippen LogP) is 2.27. The van der Waals surface area contributed by atoms with E-state index in [1.807, 2.05) is 21.6 Å². The van der Waals surface area contributed by atoms with Gasteiger partial charge in [-0.3, -0.25) is 14.4 Å². The fraction of sp³-hybridized carbons (Fsp3) is 0.682. The number of pyridine rings is 1. The van der Waals surface area contributed by atoms with Gasteiger partial charge >= 0.3 is 0 Å². The van der Waals surface area contributed by atoms with Gasteiger partial charge < -0.3 is 14.8 Å². The quantitative estimate of drug-likeness (QED) is 0.845. The Bertz CT molecular complexity index is 781. The summed E-state index contributed by atoms with van der Waals surface area (Å²) in [4.78, 5) is 38.9. The maximum absolute atomic E-state index is 12.7. The molecule has 1 saturated carbocycles. The van der Waals surface area contributed by atoms with E-state index in [0.717, 1.165) is 18.7 Å². The lowest BCUT2D eigenvalue weighted by Gasteiger charge is -2.42. The molecule has 3 heterocycles. The maximum Gasteiger partial charge on any atom is 0.250 e. The third kappa shape index (κ3) is 4.31. The zero-order chi connectivity index (χ0) is 19.5. The molecule has 0 unspecified atom stereocenters. The monoisotopic (exact) mass is 385 g/mol. The van der Waals surface area contributed by atoms with Crippen molar-refractivity contribution in [2.45, 2.75) is 63.8 Å². The number of rotatable bonds is 5. The van der Waals surface area contributed by atoms with Crippen LogP contribution in [0.1, 0.15) is 63.0 Å². The molecule has 152 valence electrons. The van der Waals surface area contributed by atoms with Gasteiger partial charge in [-0.2, -0.15) is 0 Å². The van der Waals surface area contributed by atoms with Gasteiger partial charge in [-0.1, -0.05) is 25.3 Å². The van der Waals surface area contributed by atoms with Crippen molar-refractivity contribution in [3.8, 4) is 0 Å². The van der Waals surface area contributed by atoms with Crippen LogP contribution in [0.15, 0.2) is 23.0 Å². The van der Waals surface area contributed by atoms with Gasteiger partial charge in [0.15, 0.2) is 0 Å². The lowest BCUT2D eigenvalue weighted by molar-refractivity contribution is -0.136. The Labute approximate surface area is 166 Å². The number of carbonyl (C=O) groups excluding carboxylic acids is 2. The van der Waals surface area contributed by atoms with Crippen molar-refractivity contribution in [3.63, 3.8) is 0 Å². The van der Waals surface area contributed by atoms with Crippen LogP contribution < -0.4 is 10.9 Å². The first-order valence-corrected chi connectivity index (χ1v) is 10.8. The zero-order valence-electron chi connectivity index (χ0n) is 16.6. The number of amides is 2. The molecule has 0 aromatic carbocycles. The van der Waals surface area contributed by atoms with E-state index in [4.69, 9.17) is 0 Å². The molecule has 2 fully saturated rings. The van der Waals surface area contributed by atoms with Gasteiger partial charge in [0.2, 0.25) is 11.8 Å². The van der Waals surface area contributed by atoms with Crippen LogP contribution in [0.3, 0.4) is 0 Å². The summed E-state index contributed by atoms with van der Waals surface area (Å²) in [6.07, 6.45) is 7.85. The van der Waals surface area contributed by atoms with Crippen molar-refractivity contribution in [2.75, 3.05) is 19.6 Å². The Hall–Kier alpha value is -2.11. The summed E-state index contributed by atoms with van der Waals surface area (Å²) in [5.74, 6) is 1.22. The third-order valence-corrected chi connectivity index (χ3v) is 6.71. The van der Waals surface area contributed by atoms with Crippen LogP contribution in [0.2, 0.25) is 0 Å². The molecule has 2 bridgehead atoms. The number of hydrogen-bond donors (Lipinski definition) is 1. The Morgan fingerprint density at radius 2 is 1.86 bits per heavy atom. The first kappa shape index (κ1) is 19.2. The van der Waals surface area contributed by atoms with Crippen molar-refractivity contribution in [2.24, 2.45) is 11.8 Å². The maximum atomic E-state index is 12.7. The SMILES string of the molecule is O=C(CCC(=O)N1C[C@H]2C[C@H](C1)c1cccc(=O)n1C2)NCC1CCCCC1. The average Bonchev–Trinajstić information content (AvgIpc) is 2.72. The molecule has 0 radical (unpaired) electrons. The summed E-state index contributed by atoms with van der Waals surface area (Å²) < 4.78 is 1.87.